The summed E-state index contributed by atoms with van der Waals surface area (Å²) in [4.78, 5) is 30.2. The van der Waals surface area contributed by atoms with E-state index in [4.69, 9.17) is 4.74 Å². The summed E-state index contributed by atoms with van der Waals surface area (Å²) in [5, 5.41) is 9.31. The van der Waals surface area contributed by atoms with Crippen LogP contribution in [0.1, 0.15) is 12.2 Å². The molecule has 1 amide bonds. The summed E-state index contributed by atoms with van der Waals surface area (Å²) < 4.78 is 9.40. The molecule has 4 aromatic rings. The van der Waals surface area contributed by atoms with Crippen molar-refractivity contribution in [2.45, 2.75) is 19.9 Å². The lowest BCUT2D eigenvalue weighted by atomic mass is 10.2. The van der Waals surface area contributed by atoms with Gasteiger partial charge in [0, 0.05) is 38.4 Å². The number of rotatable bonds is 8. The van der Waals surface area contributed by atoms with Crippen LogP contribution in [-0.4, -0.2) is 71.4 Å². The van der Waals surface area contributed by atoms with Crippen LogP contribution in [0.5, 0.6) is 5.75 Å². The van der Waals surface area contributed by atoms with E-state index in [0.717, 1.165) is 55.1 Å². The van der Waals surface area contributed by atoms with Gasteiger partial charge >= 0.3 is 0 Å². The van der Waals surface area contributed by atoms with E-state index in [0.29, 0.717) is 17.9 Å². The molecule has 0 saturated carbocycles. The molecule has 1 aliphatic rings. The van der Waals surface area contributed by atoms with E-state index in [2.05, 4.69) is 32.3 Å². The van der Waals surface area contributed by atoms with Crippen molar-refractivity contribution in [3.8, 4) is 5.75 Å². The maximum absolute atomic E-state index is 12.9. The molecule has 0 radical (unpaired) electrons. The lowest BCUT2D eigenvalue weighted by Crippen LogP contribution is -2.47. The number of ether oxygens (including phenoxy) is 1. The fourth-order valence-electron chi connectivity index (χ4n) is 4.68. The first kappa shape index (κ1) is 23.4. The molecule has 1 N–H and O–H groups in total. The minimum atomic E-state index is -0.246. The minimum absolute atomic E-state index is 0.0739. The van der Waals surface area contributed by atoms with Gasteiger partial charge in [-0.05, 0) is 61.7 Å². The van der Waals surface area contributed by atoms with Crippen molar-refractivity contribution >= 4 is 38.7 Å². The zero-order valence-electron chi connectivity index (χ0n) is 20.1. The predicted molar refractivity (Wildman–Crippen MR) is 139 cm³/mol. The highest BCUT2D eigenvalue weighted by Crippen LogP contribution is 2.24. The summed E-state index contributed by atoms with van der Waals surface area (Å²) in [6, 6.07) is 12.0. The van der Waals surface area contributed by atoms with Gasteiger partial charge in [0.2, 0.25) is 5.91 Å². The van der Waals surface area contributed by atoms with Crippen LogP contribution in [-0.2, 0) is 11.3 Å². The molecule has 184 valence electrons. The van der Waals surface area contributed by atoms with Gasteiger partial charge in [-0.3, -0.25) is 18.9 Å². The monoisotopic (exact) mass is 494 g/mol. The maximum atomic E-state index is 12.9. The van der Waals surface area contributed by atoms with Crippen LogP contribution in [0.25, 0.3) is 15.7 Å². The molecule has 5 rings (SSSR count). The summed E-state index contributed by atoms with van der Waals surface area (Å²) in [6.07, 6.45) is 0.865. The molecule has 0 spiro atoms. The first-order valence-electron chi connectivity index (χ1n) is 11.9. The molecule has 0 atom stereocenters. The largest absolute Gasteiger partial charge is 0.497 e. The lowest BCUT2D eigenvalue weighted by Gasteiger charge is -2.36. The van der Waals surface area contributed by atoms with Crippen molar-refractivity contribution in [1.82, 2.24) is 24.4 Å². The summed E-state index contributed by atoms with van der Waals surface area (Å²) in [7, 11) is 1.68. The van der Waals surface area contributed by atoms with E-state index in [1.165, 1.54) is 10.4 Å². The Labute approximate surface area is 207 Å². The highest BCUT2D eigenvalue weighted by molar-refractivity contribution is 7.17. The second-order valence-corrected chi connectivity index (χ2v) is 9.72. The molecule has 1 saturated heterocycles. The number of aromatic nitrogens is 3. The second kappa shape index (κ2) is 10.1. The number of piperazine rings is 1. The van der Waals surface area contributed by atoms with Crippen molar-refractivity contribution < 1.29 is 9.53 Å². The van der Waals surface area contributed by atoms with E-state index in [-0.39, 0.29) is 18.0 Å². The molecule has 1 aromatic carbocycles. The van der Waals surface area contributed by atoms with Crippen LogP contribution in [0.15, 0.2) is 46.6 Å². The van der Waals surface area contributed by atoms with Gasteiger partial charge in [-0.1, -0.05) is 0 Å². The average Bonchev–Trinajstić information content (AvgIpc) is 3.47. The Morgan fingerprint density at radius 3 is 2.63 bits per heavy atom. The molecule has 0 unspecified atom stereocenters. The van der Waals surface area contributed by atoms with Crippen molar-refractivity contribution in [1.29, 1.82) is 0 Å². The molecule has 0 aliphatic carbocycles. The van der Waals surface area contributed by atoms with E-state index in [1.54, 1.807) is 18.4 Å². The summed E-state index contributed by atoms with van der Waals surface area (Å²) in [6.45, 7) is 7.23. The van der Waals surface area contributed by atoms with Gasteiger partial charge in [-0.15, -0.1) is 11.3 Å². The molecular weight excluding hydrogens is 464 g/mol. The van der Waals surface area contributed by atoms with Gasteiger partial charge in [0.1, 0.15) is 23.6 Å². The number of nitrogens with zero attached hydrogens (tertiary/aromatic N) is 5. The Balaban J connectivity index is 1.08. The van der Waals surface area contributed by atoms with Crippen molar-refractivity contribution in [3.63, 3.8) is 0 Å². The third kappa shape index (κ3) is 4.89. The van der Waals surface area contributed by atoms with Crippen LogP contribution in [0.3, 0.4) is 0 Å². The topological polar surface area (TPSA) is 84.1 Å². The van der Waals surface area contributed by atoms with E-state index < -0.39 is 0 Å². The molecule has 9 nitrogen and oxygen atoms in total. The van der Waals surface area contributed by atoms with Gasteiger partial charge in [0.15, 0.2) is 0 Å². The van der Waals surface area contributed by atoms with Gasteiger partial charge in [-0.2, -0.15) is 5.10 Å². The molecule has 10 heteroatoms. The second-order valence-electron chi connectivity index (χ2n) is 8.78. The fraction of sp³-hybridized carbons (Fsp3) is 0.400. The predicted octanol–water partition coefficient (Wildman–Crippen LogP) is 2.36. The highest BCUT2D eigenvalue weighted by Gasteiger charge is 2.17. The Kier molecular flexibility index (Phi) is 6.74. The van der Waals surface area contributed by atoms with E-state index in [1.807, 2.05) is 41.0 Å². The van der Waals surface area contributed by atoms with Gasteiger partial charge < -0.3 is 15.0 Å². The number of carbonyl (C=O) groups excluding carboxylic acids is 1. The van der Waals surface area contributed by atoms with E-state index in [9.17, 15) is 9.59 Å². The molecule has 35 heavy (non-hydrogen) atoms. The van der Waals surface area contributed by atoms with Crippen LogP contribution < -0.4 is 20.5 Å². The Morgan fingerprint density at radius 1 is 1.11 bits per heavy atom. The number of hydrogen-bond donors (Lipinski definition) is 1. The number of benzene rings is 1. The molecule has 4 heterocycles. The minimum Gasteiger partial charge on any atom is -0.497 e. The van der Waals surface area contributed by atoms with Crippen LogP contribution >= 0.6 is 11.3 Å². The zero-order chi connectivity index (χ0) is 24.4. The van der Waals surface area contributed by atoms with Crippen molar-refractivity contribution in [3.05, 3.63) is 58.0 Å². The lowest BCUT2D eigenvalue weighted by molar-refractivity contribution is -0.121. The third-order valence-corrected chi connectivity index (χ3v) is 7.40. The number of carbonyl (C=O) groups is 1. The maximum Gasteiger partial charge on any atom is 0.291 e. The number of amides is 1. The first-order valence-corrected chi connectivity index (χ1v) is 12.8. The highest BCUT2D eigenvalue weighted by atomic mass is 32.1. The summed E-state index contributed by atoms with van der Waals surface area (Å²) in [5.74, 6) is 1.37. The third-order valence-electron chi connectivity index (χ3n) is 6.54. The standard InChI is InChI=1S/C25H30N6O3S/c1-18-27-30(25(33)22-16-23-21(31(18)22)8-15-35-23)17-24(32)26-9-3-10-28-11-13-29(14-12-28)19-4-6-20(34-2)7-5-19/h4-8,15-16H,3,9-14,17H2,1-2H3,(H,26,32). The van der Waals surface area contributed by atoms with Crippen molar-refractivity contribution in [2.75, 3.05) is 51.3 Å². The molecule has 0 bridgehead atoms. The zero-order valence-corrected chi connectivity index (χ0v) is 20.9. The summed E-state index contributed by atoms with van der Waals surface area (Å²) in [5.41, 5.74) is 2.51. The van der Waals surface area contributed by atoms with Gasteiger partial charge in [0.25, 0.3) is 5.56 Å². The SMILES string of the molecule is COc1ccc(N2CCN(CCCNC(=O)Cn3nc(C)n4c(cc5sccc54)c3=O)CC2)cc1. The van der Waals surface area contributed by atoms with E-state index >= 15 is 0 Å². The fourth-order valence-corrected chi connectivity index (χ4v) is 5.48. The molecular formula is C25H30N6O3S. The normalized spacial score (nSPS) is 14.6. The Hall–Kier alpha value is -3.37. The first-order chi connectivity index (χ1) is 17.0. The summed E-state index contributed by atoms with van der Waals surface area (Å²) >= 11 is 1.59. The number of methoxy groups -OCH3 is 1. The molecule has 1 fully saturated rings. The molecule has 3 aromatic heterocycles. The Bertz CT molecular complexity index is 1380. The van der Waals surface area contributed by atoms with Crippen LogP contribution in [0.2, 0.25) is 0 Å². The number of aryl methyl sites for hydroxylation is 1. The van der Waals surface area contributed by atoms with Crippen molar-refractivity contribution in [2.24, 2.45) is 0 Å². The van der Waals surface area contributed by atoms with Gasteiger partial charge in [-0.25, -0.2) is 4.68 Å². The molecule has 1 aliphatic heterocycles. The number of anilines is 1. The quantitative estimate of drug-likeness (QED) is 0.379. The number of nitrogens with one attached hydrogen (secondary N) is 1. The average molecular weight is 495 g/mol. The number of hydrogen-bond acceptors (Lipinski definition) is 7. The smallest absolute Gasteiger partial charge is 0.291 e. The number of thiophene rings is 1. The number of fused-ring (bicyclic) bond motifs is 3. The van der Waals surface area contributed by atoms with Gasteiger partial charge in [0.05, 0.1) is 17.3 Å². The van der Waals surface area contributed by atoms with Crippen LogP contribution in [0.4, 0.5) is 5.69 Å². The Morgan fingerprint density at radius 2 is 1.89 bits per heavy atom. The van der Waals surface area contributed by atoms with Crippen LogP contribution in [0, 0.1) is 6.92 Å².